The maximum atomic E-state index is 11.6. The van der Waals surface area contributed by atoms with Gasteiger partial charge >= 0.3 is 0 Å². The van der Waals surface area contributed by atoms with E-state index in [0.29, 0.717) is 6.61 Å². The summed E-state index contributed by atoms with van der Waals surface area (Å²) >= 11 is 0. The summed E-state index contributed by atoms with van der Waals surface area (Å²) in [5.74, 6) is 0.121. The molecule has 2 heteroatoms. The predicted molar refractivity (Wildman–Crippen MR) is 83.0 cm³/mol. The van der Waals surface area contributed by atoms with E-state index in [4.69, 9.17) is 4.74 Å². The first-order valence-corrected chi connectivity index (χ1v) is 7.09. The topological polar surface area (TPSA) is 26.3 Å². The molecule has 0 aromatic heterocycles. The van der Waals surface area contributed by atoms with Crippen LogP contribution in [-0.4, -0.2) is 19.5 Å². The van der Waals surface area contributed by atoms with Crippen LogP contribution in [0.3, 0.4) is 0 Å². The maximum Gasteiger partial charge on any atom is 0.159 e. The summed E-state index contributed by atoms with van der Waals surface area (Å²) in [4.78, 5) is 11.6. The highest BCUT2D eigenvalue weighted by Gasteiger charge is 2.18. The number of aryl methyl sites for hydroxylation is 1. The van der Waals surface area contributed by atoms with Crippen LogP contribution in [0.1, 0.15) is 48.7 Å². The molecule has 1 aromatic rings. The monoisotopic (exact) mass is 270 g/mol. The zero-order valence-corrected chi connectivity index (χ0v) is 12.7. The first-order chi connectivity index (χ1) is 9.56. The van der Waals surface area contributed by atoms with E-state index in [9.17, 15) is 4.79 Å². The van der Waals surface area contributed by atoms with Crippen LogP contribution in [-0.2, 0) is 11.2 Å². The molecule has 0 saturated heterocycles. The summed E-state index contributed by atoms with van der Waals surface area (Å²) in [5.41, 5.74) is 7.23. The quantitative estimate of drug-likeness (QED) is 0.749. The molecule has 0 heterocycles. The molecule has 0 aliphatic heterocycles. The first-order valence-electron chi connectivity index (χ1n) is 7.09. The van der Waals surface area contributed by atoms with E-state index in [2.05, 4.69) is 26.0 Å². The van der Waals surface area contributed by atoms with Gasteiger partial charge in [-0.05, 0) is 60.6 Å². The smallest absolute Gasteiger partial charge is 0.159 e. The van der Waals surface area contributed by atoms with Crippen molar-refractivity contribution in [2.45, 2.75) is 33.6 Å². The second kappa shape index (κ2) is 6.19. The molecule has 1 aliphatic carbocycles. The molecule has 0 radical (unpaired) electrons. The van der Waals surface area contributed by atoms with Crippen molar-refractivity contribution in [1.29, 1.82) is 0 Å². The van der Waals surface area contributed by atoms with Gasteiger partial charge in [0.25, 0.3) is 0 Å². The Morgan fingerprint density at radius 2 is 2.10 bits per heavy atom. The number of carbonyl (C=O) groups is 1. The highest BCUT2D eigenvalue weighted by atomic mass is 16.5. The summed E-state index contributed by atoms with van der Waals surface area (Å²) in [6.07, 6.45) is 4.11. The van der Waals surface area contributed by atoms with Crippen LogP contribution in [0, 0.1) is 0 Å². The fourth-order valence-electron chi connectivity index (χ4n) is 2.78. The third kappa shape index (κ3) is 2.91. The Hall–Kier alpha value is -1.67. The second-order valence-corrected chi connectivity index (χ2v) is 5.36. The lowest BCUT2D eigenvalue weighted by atomic mass is 9.92. The molecule has 0 bridgehead atoms. The number of Topliss-reactive ketones (excluding diaryl/α,β-unsaturated/α-hetero) is 1. The summed E-state index contributed by atoms with van der Waals surface area (Å²) in [6.45, 7) is 6.59. The fourth-order valence-corrected chi connectivity index (χ4v) is 2.78. The lowest BCUT2D eigenvalue weighted by Crippen LogP contribution is -1.99. The SMILES string of the molecule is CCc1ccc(C(C)=O)cc1C1=C(C)C=C(COC)C1. The average molecular weight is 270 g/mol. The van der Waals surface area contributed by atoms with Gasteiger partial charge in [-0.25, -0.2) is 0 Å². The Bertz CT molecular complexity index is 591. The number of benzene rings is 1. The molecule has 2 rings (SSSR count). The standard InChI is InChI=1S/C18H22O2/c1-5-15-6-7-16(13(3)19)10-18(15)17-9-14(11-20-4)8-12(17)2/h6-8,10H,5,9,11H2,1-4H3. The molecule has 20 heavy (non-hydrogen) atoms. The molecule has 0 atom stereocenters. The predicted octanol–water partition coefficient (Wildman–Crippen LogP) is 4.20. The number of ketones is 1. The van der Waals surface area contributed by atoms with Crippen LogP contribution in [0.25, 0.3) is 5.57 Å². The van der Waals surface area contributed by atoms with Crippen molar-refractivity contribution in [2.24, 2.45) is 0 Å². The Morgan fingerprint density at radius 3 is 2.70 bits per heavy atom. The number of ether oxygens (including phenoxy) is 1. The van der Waals surface area contributed by atoms with E-state index < -0.39 is 0 Å². The van der Waals surface area contributed by atoms with E-state index in [1.165, 1.54) is 27.8 Å². The van der Waals surface area contributed by atoms with E-state index in [1.54, 1.807) is 14.0 Å². The van der Waals surface area contributed by atoms with Crippen molar-refractivity contribution in [3.63, 3.8) is 0 Å². The number of carbonyl (C=O) groups excluding carboxylic acids is 1. The molecule has 0 unspecified atom stereocenters. The third-order valence-corrected chi connectivity index (χ3v) is 3.85. The van der Waals surface area contributed by atoms with Crippen molar-refractivity contribution < 1.29 is 9.53 Å². The number of hydrogen-bond acceptors (Lipinski definition) is 2. The van der Waals surface area contributed by atoms with Gasteiger partial charge in [0.05, 0.1) is 6.61 Å². The van der Waals surface area contributed by atoms with Crippen LogP contribution >= 0.6 is 0 Å². The molecule has 2 nitrogen and oxygen atoms in total. The number of hydrogen-bond donors (Lipinski definition) is 0. The van der Waals surface area contributed by atoms with Crippen LogP contribution in [0.4, 0.5) is 0 Å². The normalized spacial score (nSPS) is 14.7. The largest absolute Gasteiger partial charge is 0.380 e. The lowest BCUT2D eigenvalue weighted by Gasteiger charge is -2.13. The van der Waals surface area contributed by atoms with Crippen LogP contribution in [0.15, 0.2) is 35.4 Å². The summed E-state index contributed by atoms with van der Waals surface area (Å²) < 4.78 is 5.23. The van der Waals surface area contributed by atoms with Gasteiger partial charge in [-0.1, -0.05) is 25.1 Å². The molecule has 0 amide bonds. The molecule has 0 N–H and O–H groups in total. The van der Waals surface area contributed by atoms with Gasteiger partial charge in [-0.2, -0.15) is 0 Å². The number of rotatable bonds is 5. The van der Waals surface area contributed by atoms with Crippen molar-refractivity contribution >= 4 is 11.4 Å². The zero-order chi connectivity index (χ0) is 14.7. The molecule has 1 aliphatic rings. The van der Waals surface area contributed by atoms with Gasteiger partial charge in [-0.15, -0.1) is 0 Å². The highest BCUT2D eigenvalue weighted by Crippen LogP contribution is 2.35. The van der Waals surface area contributed by atoms with Crippen molar-refractivity contribution in [3.8, 4) is 0 Å². The molecule has 0 spiro atoms. The minimum absolute atomic E-state index is 0.121. The highest BCUT2D eigenvalue weighted by molar-refractivity contribution is 5.95. The molecule has 106 valence electrons. The summed E-state index contributed by atoms with van der Waals surface area (Å²) in [6, 6.07) is 6.06. The molecule has 0 fully saturated rings. The summed E-state index contributed by atoms with van der Waals surface area (Å²) in [7, 11) is 1.72. The Balaban J connectivity index is 2.40. The van der Waals surface area contributed by atoms with Crippen molar-refractivity contribution in [2.75, 3.05) is 13.7 Å². The Morgan fingerprint density at radius 1 is 1.35 bits per heavy atom. The average Bonchev–Trinajstić information content (AvgIpc) is 2.79. The van der Waals surface area contributed by atoms with Crippen LogP contribution in [0.5, 0.6) is 0 Å². The van der Waals surface area contributed by atoms with Crippen LogP contribution < -0.4 is 0 Å². The number of allylic oxidation sites excluding steroid dienone is 3. The second-order valence-electron chi connectivity index (χ2n) is 5.36. The van der Waals surface area contributed by atoms with Gasteiger partial charge in [0, 0.05) is 12.7 Å². The molecular weight excluding hydrogens is 248 g/mol. The third-order valence-electron chi connectivity index (χ3n) is 3.85. The maximum absolute atomic E-state index is 11.6. The van der Waals surface area contributed by atoms with Gasteiger partial charge in [-0.3, -0.25) is 4.79 Å². The first kappa shape index (κ1) is 14.7. The van der Waals surface area contributed by atoms with Gasteiger partial charge in [0.2, 0.25) is 0 Å². The Kier molecular flexibility index (Phi) is 4.56. The van der Waals surface area contributed by atoms with Crippen LogP contribution in [0.2, 0.25) is 0 Å². The summed E-state index contributed by atoms with van der Waals surface area (Å²) in [5, 5.41) is 0. The van der Waals surface area contributed by atoms with E-state index in [-0.39, 0.29) is 5.78 Å². The van der Waals surface area contributed by atoms with Crippen molar-refractivity contribution in [3.05, 3.63) is 52.1 Å². The minimum atomic E-state index is 0.121. The Labute approximate surface area is 121 Å². The van der Waals surface area contributed by atoms with E-state index >= 15 is 0 Å². The van der Waals surface area contributed by atoms with E-state index in [0.717, 1.165) is 18.4 Å². The minimum Gasteiger partial charge on any atom is -0.380 e. The van der Waals surface area contributed by atoms with Gasteiger partial charge in [0.1, 0.15) is 0 Å². The zero-order valence-electron chi connectivity index (χ0n) is 12.7. The lowest BCUT2D eigenvalue weighted by molar-refractivity contribution is 0.101. The molecule has 1 aromatic carbocycles. The van der Waals surface area contributed by atoms with Gasteiger partial charge in [0.15, 0.2) is 5.78 Å². The van der Waals surface area contributed by atoms with E-state index in [1.807, 2.05) is 12.1 Å². The van der Waals surface area contributed by atoms with Gasteiger partial charge < -0.3 is 4.74 Å². The number of methoxy groups -OCH3 is 1. The molecule has 0 saturated carbocycles. The van der Waals surface area contributed by atoms with Crippen molar-refractivity contribution in [1.82, 2.24) is 0 Å². The molecular formula is C18H22O2. The fraction of sp³-hybridized carbons (Fsp3) is 0.389.